The molecule has 11 heavy (non-hydrogen) atoms. The Morgan fingerprint density at radius 2 is 2.36 bits per heavy atom. The van der Waals surface area contributed by atoms with Crippen molar-refractivity contribution in [3.8, 4) is 0 Å². The molecule has 0 rings (SSSR count). The topological polar surface area (TPSA) is 58.4 Å². The molecule has 1 N–H and O–H groups in total. The molecule has 0 aromatic rings. The van der Waals surface area contributed by atoms with Gasteiger partial charge in [0.05, 0.1) is 4.92 Å². The Morgan fingerprint density at radius 1 is 1.82 bits per heavy atom. The quantitative estimate of drug-likeness (QED) is 0.471. The molecule has 0 radical (unpaired) electrons. The van der Waals surface area contributed by atoms with Crippen molar-refractivity contribution in [2.24, 2.45) is 0 Å². The Kier molecular flexibility index (Phi) is 4.02. The highest BCUT2D eigenvalue weighted by Crippen LogP contribution is 1.94. The Balaban J connectivity index is 4.26. The summed E-state index contributed by atoms with van der Waals surface area (Å²) in [6.45, 7) is 2.66. The summed E-state index contributed by atoms with van der Waals surface area (Å²) in [4.78, 5) is 11.3. The first-order valence-electron chi connectivity index (χ1n) is 3.36. The molecule has 0 aromatic heterocycles. The minimum atomic E-state index is -0.474. The maximum absolute atomic E-state index is 10.1. The minimum absolute atomic E-state index is 0.474. The molecule has 0 atom stereocenters. The summed E-state index contributed by atoms with van der Waals surface area (Å²) in [5.41, 5.74) is 0. The normalized spacial score (nSPS) is 11.0. The van der Waals surface area contributed by atoms with Crippen LogP contribution in [0, 0.1) is 10.1 Å². The molecule has 0 aliphatic heterocycles. The van der Waals surface area contributed by atoms with Gasteiger partial charge < -0.3 is 10.2 Å². The molecule has 0 aliphatic carbocycles. The summed E-state index contributed by atoms with van der Waals surface area (Å²) in [5.74, 6) is 0.512. The van der Waals surface area contributed by atoms with E-state index in [-0.39, 0.29) is 0 Å². The van der Waals surface area contributed by atoms with Crippen LogP contribution in [0.4, 0.5) is 0 Å². The highest BCUT2D eigenvalue weighted by molar-refractivity contribution is 4.90. The van der Waals surface area contributed by atoms with Crippen molar-refractivity contribution >= 4 is 0 Å². The molecule has 64 valence electrons. The maximum atomic E-state index is 10.1. The molecule has 0 unspecified atom stereocenters. The van der Waals surface area contributed by atoms with E-state index in [4.69, 9.17) is 0 Å². The maximum Gasteiger partial charge on any atom is 0.274 e. The third-order valence-electron chi connectivity index (χ3n) is 1.37. The monoisotopic (exact) mass is 159 g/mol. The average molecular weight is 159 g/mol. The standard InChI is InChI=1S/C6H13N3O2/c1-4-8(3)6(7-2)5-9(10)11/h5,7H,4H2,1-3H3. The highest BCUT2D eigenvalue weighted by Gasteiger charge is 2.03. The highest BCUT2D eigenvalue weighted by atomic mass is 16.6. The lowest BCUT2D eigenvalue weighted by Crippen LogP contribution is -2.26. The van der Waals surface area contributed by atoms with Gasteiger partial charge in [-0.15, -0.1) is 0 Å². The summed E-state index contributed by atoms with van der Waals surface area (Å²) in [6, 6.07) is 0. The predicted octanol–water partition coefficient (Wildman–Crippen LogP) is 0.233. The van der Waals surface area contributed by atoms with Crippen molar-refractivity contribution in [1.29, 1.82) is 0 Å². The zero-order valence-corrected chi connectivity index (χ0v) is 7.00. The number of nitrogens with one attached hydrogen (secondary N) is 1. The van der Waals surface area contributed by atoms with E-state index in [1.54, 1.807) is 19.0 Å². The summed E-state index contributed by atoms with van der Waals surface area (Å²) >= 11 is 0. The van der Waals surface area contributed by atoms with Crippen LogP contribution in [0.1, 0.15) is 6.92 Å². The van der Waals surface area contributed by atoms with E-state index in [1.807, 2.05) is 6.92 Å². The van der Waals surface area contributed by atoms with Crippen molar-refractivity contribution in [3.05, 3.63) is 22.1 Å². The van der Waals surface area contributed by atoms with E-state index in [2.05, 4.69) is 5.32 Å². The number of rotatable bonds is 4. The third kappa shape index (κ3) is 3.44. The molecule has 0 saturated heterocycles. The van der Waals surface area contributed by atoms with Crippen molar-refractivity contribution in [2.75, 3.05) is 20.6 Å². The van der Waals surface area contributed by atoms with Gasteiger partial charge in [-0.25, -0.2) is 0 Å². The third-order valence-corrected chi connectivity index (χ3v) is 1.37. The van der Waals surface area contributed by atoms with E-state index in [9.17, 15) is 10.1 Å². The predicted molar refractivity (Wildman–Crippen MR) is 42.4 cm³/mol. The van der Waals surface area contributed by atoms with Gasteiger partial charge >= 0.3 is 0 Å². The van der Waals surface area contributed by atoms with Gasteiger partial charge in [-0.05, 0) is 6.92 Å². The largest absolute Gasteiger partial charge is 0.370 e. The first kappa shape index (κ1) is 9.74. The Labute approximate surface area is 65.8 Å². The van der Waals surface area contributed by atoms with Crippen molar-refractivity contribution < 1.29 is 4.92 Å². The van der Waals surface area contributed by atoms with E-state index in [0.717, 1.165) is 12.7 Å². The lowest BCUT2D eigenvalue weighted by molar-refractivity contribution is -0.404. The van der Waals surface area contributed by atoms with E-state index >= 15 is 0 Å². The molecule has 0 aromatic carbocycles. The lowest BCUT2D eigenvalue weighted by Gasteiger charge is -2.17. The molecule has 0 fully saturated rings. The van der Waals surface area contributed by atoms with Crippen LogP contribution in [0.5, 0.6) is 0 Å². The van der Waals surface area contributed by atoms with Crippen LogP contribution in [-0.2, 0) is 0 Å². The number of nitrogens with zero attached hydrogens (tertiary/aromatic N) is 2. The second-order valence-electron chi connectivity index (χ2n) is 2.06. The Bertz CT molecular complexity index is 167. The van der Waals surface area contributed by atoms with Gasteiger partial charge in [0.2, 0.25) is 0 Å². The fraction of sp³-hybridized carbons (Fsp3) is 0.667. The van der Waals surface area contributed by atoms with Crippen LogP contribution in [0.25, 0.3) is 0 Å². The molecule has 5 nitrogen and oxygen atoms in total. The summed E-state index contributed by atoms with van der Waals surface area (Å²) in [7, 11) is 3.44. The zero-order chi connectivity index (χ0) is 8.85. The number of hydrogen-bond donors (Lipinski definition) is 1. The van der Waals surface area contributed by atoms with Crippen LogP contribution in [0.3, 0.4) is 0 Å². The first-order valence-corrected chi connectivity index (χ1v) is 3.36. The van der Waals surface area contributed by atoms with Gasteiger partial charge in [0, 0.05) is 20.6 Å². The van der Waals surface area contributed by atoms with E-state index in [1.165, 1.54) is 0 Å². The first-order chi connectivity index (χ1) is 5.11. The molecular weight excluding hydrogens is 146 g/mol. The van der Waals surface area contributed by atoms with Crippen molar-refractivity contribution in [1.82, 2.24) is 10.2 Å². The molecule has 0 saturated carbocycles. The smallest absolute Gasteiger partial charge is 0.274 e. The zero-order valence-electron chi connectivity index (χ0n) is 7.00. The van der Waals surface area contributed by atoms with Crippen LogP contribution >= 0.6 is 0 Å². The van der Waals surface area contributed by atoms with Gasteiger partial charge in [0.1, 0.15) is 0 Å². The van der Waals surface area contributed by atoms with Crippen LogP contribution in [0.2, 0.25) is 0 Å². The SMILES string of the molecule is CCN(C)C(=C[N+](=O)[O-])NC. The van der Waals surface area contributed by atoms with Gasteiger partial charge in [-0.3, -0.25) is 10.1 Å². The molecule has 0 heterocycles. The van der Waals surface area contributed by atoms with Gasteiger partial charge in [-0.2, -0.15) is 0 Å². The Hall–Kier alpha value is -1.26. The van der Waals surface area contributed by atoms with E-state index in [0.29, 0.717) is 5.82 Å². The molecule has 0 spiro atoms. The Morgan fingerprint density at radius 3 is 2.64 bits per heavy atom. The van der Waals surface area contributed by atoms with Crippen molar-refractivity contribution in [2.45, 2.75) is 6.92 Å². The van der Waals surface area contributed by atoms with Gasteiger partial charge in [0.15, 0.2) is 5.82 Å². The van der Waals surface area contributed by atoms with Crippen LogP contribution in [0.15, 0.2) is 12.0 Å². The molecule has 5 heteroatoms. The fourth-order valence-electron chi connectivity index (χ4n) is 0.624. The molecule has 0 bridgehead atoms. The molecule has 0 amide bonds. The molecule has 0 aliphatic rings. The van der Waals surface area contributed by atoms with E-state index < -0.39 is 4.92 Å². The number of nitro groups is 1. The average Bonchev–Trinajstić information content (AvgIpc) is 1.98. The van der Waals surface area contributed by atoms with Crippen LogP contribution < -0.4 is 5.32 Å². The van der Waals surface area contributed by atoms with Crippen molar-refractivity contribution in [3.63, 3.8) is 0 Å². The summed E-state index contributed by atoms with van der Waals surface area (Å²) in [5, 5.41) is 12.8. The van der Waals surface area contributed by atoms with Gasteiger partial charge in [-0.1, -0.05) is 0 Å². The molecular formula is C6H13N3O2. The second-order valence-corrected chi connectivity index (χ2v) is 2.06. The number of hydrogen-bond acceptors (Lipinski definition) is 4. The van der Waals surface area contributed by atoms with Gasteiger partial charge in [0.25, 0.3) is 6.20 Å². The minimum Gasteiger partial charge on any atom is -0.370 e. The van der Waals surface area contributed by atoms with Crippen LogP contribution in [-0.4, -0.2) is 30.5 Å². The second kappa shape index (κ2) is 4.54. The summed E-state index contributed by atoms with van der Waals surface area (Å²) in [6.07, 6.45) is 0.948. The fourth-order valence-corrected chi connectivity index (χ4v) is 0.624. The summed E-state index contributed by atoms with van der Waals surface area (Å²) < 4.78 is 0. The lowest BCUT2D eigenvalue weighted by atomic mass is 10.5.